The van der Waals surface area contributed by atoms with Gasteiger partial charge in [-0.25, -0.2) is 4.98 Å². The SMILES string of the molecule is C=CC(=O)N1CCCC(n2cc(Nc3ncc(C(N)=O)c(Nc4c(Cl)cccc4Cl)n3)cn2)C1. The van der Waals surface area contributed by atoms with Crippen molar-refractivity contribution >= 4 is 58.2 Å². The van der Waals surface area contributed by atoms with E-state index in [4.69, 9.17) is 28.9 Å². The molecule has 0 radical (unpaired) electrons. The van der Waals surface area contributed by atoms with Crippen molar-refractivity contribution in [3.05, 3.63) is 65.1 Å². The third-order valence-electron chi connectivity index (χ3n) is 5.37. The molecule has 12 heteroatoms. The van der Waals surface area contributed by atoms with Gasteiger partial charge in [-0.1, -0.05) is 35.8 Å². The molecule has 1 saturated heterocycles. The van der Waals surface area contributed by atoms with Gasteiger partial charge in [-0.3, -0.25) is 14.3 Å². The Morgan fingerprint density at radius 1 is 1.21 bits per heavy atom. The fourth-order valence-electron chi connectivity index (χ4n) is 3.68. The third kappa shape index (κ3) is 5.13. The molecule has 10 nitrogen and oxygen atoms in total. The quantitative estimate of drug-likeness (QED) is 0.419. The summed E-state index contributed by atoms with van der Waals surface area (Å²) in [4.78, 5) is 34.2. The van der Waals surface area contributed by atoms with Crippen LogP contribution < -0.4 is 16.4 Å². The van der Waals surface area contributed by atoms with Gasteiger partial charge in [-0.2, -0.15) is 10.1 Å². The number of para-hydroxylation sites is 1. The van der Waals surface area contributed by atoms with Crippen molar-refractivity contribution in [2.75, 3.05) is 23.7 Å². The van der Waals surface area contributed by atoms with Gasteiger partial charge in [0.15, 0.2) is 0 Å². The van der Waals surface area contributed by atoms with Crippen LogP contribution >= 0.6 is 23.2 Å². The molecule has 4 N–H and O–H groups in total. The standard InChI is InChI=1S/C22H22Cl2N8O2/c1-2-18(33)31-8-4-5-14(12-31)32-11-13(9-27-32)28-22-26-10-15(20(25)34)21(30-22)29-19-16(23)6-3-7-17(19)24/h2-3,6-7,9-11,14H,1,4-5,8,12H2,(H2,25,34)(H2,26,28,29,30). The average molecular weight is 501 g/mol. The molecule has 0 saturated carbocycles. The highest BCUT2D eigenvalue weighted by molar-refractivity contribution is 6.39. The van der Waals surface area contributed by atoms with Crippen molar-refractivity contribution in [1.29, 1.82) is 0 Å². The van der Waals surface area contributed by atoms with E-state index in [1.807, 2.05) is 10.9 Å². The molecule has 0 bridgehead atoms. The van der Waals surface area contributed by atoms with Gasteiger partial charge in [0.1, 0.15) is 11.4 Å². The number of rotatable bonds is 7. The third-order valence-corrected chi connectivity index (χ3v) is 6.00. The van der Waals surface area contributed by atoms with Crippen LogP contribution in [0.2, 0.25) is 10.0 Å². The van der Waals surface area contributed by atoms with Crippen LogP contribution in [0, 0.1) is 0 Å². The Labute approximate surface area is 205 Å². The van der Waals surface area contributed by atoms with E-state index < -0.39 is 5.91 Å². The van der Waals surface area contributed by atoms with E-state index in [1.165, 1.54) is 12.3 Å². The number of benzene rings is 1. The maximum absolute atomic E-state index is 12.0. The molecule has 34 heavy (non-hydrogen) atoms. The molecule has 1 aliphatic rings. The summed E-state index contributed by atoms with van der Waals surface area (Å²) < 4.78 is 1.81. The summed E-state index contributed by atoms with van der Waals surface area (Å²) in [6, 6.07) is 5.06. The van der Waals surface area contributed by atoms with Gasteiger partial charge in [0.2, 0.25) is 11.9 Å². The first kappa shape index (κ1) is 23.5. The number of carbonyl (C=O) groups excluding carboxylic acids is 2. The van der Waals surface area contributed by atoms with Crippen LogP contribution in [0.4, 0.5) is 23.1 Å². The van der Waals surface area contributed by atoms with Crippen molar-refractivity contribution in [2.24, 2.45) is 5.73 Å². The van der Waals surface area contributed by atoms with E-state index >= 15 is 0 Å². The smallest absolute Gasteiger partial charge is 0.254 e. The van der Waals surface area contributed by atoms with E-state index in [-0.39, 0.29) is 29.3 Å². The number of hydrogen-bond donors (Lipinski definition) is 3. The zero-order valence-corrected chi connectivity index (χ0v) is 19.6. The molecule has 1 unspecified atom stereocenters. The fourth-order valence-corrected chi connectivity index (χ4v) is 4.18. The molecule has 3 heterocycles. The highest BCUT2D eigenvalue weighted by Crippen LogP contribution is 2.33. The highest BCUT2D eigenvalue weighted by Gasteiger charge is 2.24. The number of halogens is 2. The van der Waals surface area contributed by atoms with Gasteiger partial charge >= 0.3 is 0 Å². The van der Waals surface area contributed by atoms with Crippen molar-refractivity contribution in [3.8, 4) is 0 Å². The predicted octanol–water partition coefficient (Wildman–Crippen LogP) is 3.92. The average Bonchev–Trinajstić information content (AvgIpc) is 3.29. The number of nitrogens with one attached hydrogen (secondary N) is 2. The minimum atomic E-state index is -0.707. The van der Waals surface area contributed by atoms with Crippen LogP contribution in [0.1, 0.15) is 29.2 Å². The first-order valence-corrected chi connectivity index (χ1v) is 11.2. The summed E-state index contributed by atoms with van der Waals surface area (Å²) in [7, 11) is 0. The minimum absolute atomic E-state index is 0.0472. The lowest BCUT2D eigenvalue weighted by Crippen LogP contribution is -2.39. The predicted molar refractivity (Wildman–Crippen MR) is 131 cm³/mol. The van der Waals surface area contributed by atoms with Crippen LogP contribution in [-0.2, 0) is 4.79 Å². The molecule has 1 atom stereocenters. The molecule has 4 rings (SSSR count). The molecule has 0 spiro atoms. The van der Waals surface area contributed by atoms with Crippen LogP contribution in [0.15, 0.2) is 49.4 Å². The normalized spacial score (nSPS) is 15.6. The summed E-state index contributed by atoms with van der Waals surface area (Å²) in [5.74, 6) is -0.432. The summed E-state index contributed by atoms with van der Waals surface area (Å²) >= 11 is 12.5. The Kier molecular flexibility index (Phi) is 6.99. The monoisotopic (exact) mass is 500 g/mol. The number of carbonyl (C=O) groups is 2. The molecule has 2 amide bonds. The lowest BCUT2D eigenvalue weighted by molar-refractivity contribution is -0.127. The number of likely N-dealkylation sites (tertiary alicyclic amines) is 1. The molecule has 1 fully saturated rings. The topological polar surface area (TPSA) is 131 Å². The van der Waals surface area contributed by atoms with Gasteiger partial charge in [-0.05, 0) is 31.1 Å². The largest absolute Gasteiger partial charge is 0.365 e. The maximum atomic E-state index is 12.0. The summed E-state index contributed by atoms with van der Waals surface area (Å²) in [6.07, 6.45) is 7.87. The van der Waals surface area contributed by atoms with E-state index in [2.05, 4.69) is 32.3 Å². The molecular formula is C22H22Cl2N8O2. The number of amides is 2. The van der Waals surface area contributed by atoms with E-state index in [0.717, 1.165) is 12.8 Å². The lowest BCUT2D eigenvalue weighted by Gasteiger charge is -2.32. The zero-order valence-electron chi connectivity index (χ0n) is 18.0. The van der Waals surface area contributed by atoms with Crippen molar-refractivity contribution < 1.29 is 9.59 Å². The van der Waals surface area contributed by atoms with Gasteiger partial charge in [-0.15, -0.1) is 0 Å². The van der Waals surface area contributed by atoms with Crippen LogP contribution in [0.5, 0.6) is 0 Å². The van der Waals surface area contributed by atoms with Crippen molar-refractivity contribution in [2.45, 2.75) is 18.9 Å². The van der Waals surface area contributed by atoms with E-state index in [1.54, 1.807) is 29.3 Å². The number of nitrogens with zero attached hydrogens (tertiary/aromatic N) is 5. The van der Waals surface area contributed by atoms with Crippen molar-refractivity contribution in [1.82, 2.24) is 24.6 Å². The Bertz CT molecular complexity index is 1230. The van der Waals surface area contributed by atoms with Crippen molar-refractivity contribution in [3.63, 3.8) is 0 Å². The number of anilines is 4. The number of primary amides is 1. The fraction of sp³-hybridized carbons (Fsp3) is 0.227. The lowest BCUT2D eigenvalue weighted by atomic mass is 10.1. The van der Waals surface area contributed by atoms with Gasteiger partial charge in [0.05, 0.1) is 33.7 Å². The number of aromatic nitrogens is 4. The van der Waals surface area contributed by atoms with Crippen LogP contribution in [0.25, 0.3) is 0 Å². The molecule has 2 aromatic heterocycles. The zero-order chi connectivity index (χ0) is 24.2. The highest BCUT2D eigenvalue weighted by atomic mass is 35.5. The van der Waals surface area contributed by atoms with Crippen LogP contribution in [0.3, 0.4) is 0 Å². The first-order chi connectivity index (χ1) is 16.4. The number of nitrogens with two attached hydrogens (primary N) is 1. The Morgan fingerprint density at radius 3 is 2.68 bits per heavy atom. The molecule has 1 aromatic carbocycles. The summed E-state index contributed by atoms with van der Waals surface area (Å²) in [6.45, 7) is 4.82. The maximum Gasteiger partial charge on any atom is 0.254 e. The van der Waals surface area contributed by atoms with Crippen LogP contribution in [-0.4, -0.2) is 49.6 Å². The second-order valence-electron chi connectivity index (χ2n) is 7.66. The minimum Gasteiger partial charge on any atom is -0.365 e. The van der Waals surface area contributed by atoms with Gasteiger partial charge < -0.3 is 21.3 Å². The molecule has 176 valence electrons. The van der Waals surface area contributed by atoms with E-state index in [0.29, 0.717) is 34.5 Å². The van der Waals surface area contributed by atoms with E-state index in [9.17, 15) is 9.59 Å². The Hall–Kier alpha value is -3.63. The molecular weight excluding hydrogens is 479 g/mol. The Balaban J connectivity index is 1.54. The second-order valence-corrected chi connectivity index (χ2v) is 8.47. The molecule has 0 aliphatic carbocycles. The van der Waals surface area contributed by atoms with Gasteiger partial charge in [0, 0.05) is 25.5 Å². The molecule has 3 aromatic rings. The summed E-state index contributed by atoms with van der Waals surface area (Å²) in [5, 5.41) is 11.2. The first-order valence-electron chi connectivity index (χ1n) is 10.5. The number of hydrogen-bond acceptors (Lipinski definition) is 7. The summed E-state index contributed by atoms with van der Waals surface area (Å²) in [5.41, 5.74) is 6.59. The second kappa shape index (κ2) is 10.1. The molecule has 1 aliphatic heterocycles. The van der Waals surface area contributed by atoms with Gasteiger partial charge in [0.25, 0.3) is 5.91 Å². The number of piperidine rings is 1. The Morgan fingerprint density at radius 2 is 1.97 bits per heavy atom.